The van der Waals surface area contributed by atoms with Crippen molar-refractivity contribution >= 4 is 39.0 Å². The third kappa shape index (κ3) is 3.93. The van der Waals surface area contributed by atoms with Gasteiger partial charge in [-0.3, -0.25) is 4.98 Å². The summed E-state index contributed by atoms with van der Waals surface area (Å²) in [5.74, 6) is 0.828. The topological polar surface area (TPSA) is 50.1 Å². The molecule has 0 atom stereocenters. The van der Waals surface area contributed by atoms with Gasteiger partial charge in [0.05, 0.1) is 13.7 Å². The number of aliphatic imine (C=N–C) groups is 1. The molecule has 29 heavy (non-hydrogen) atoms. The molecule has 4 rings (SSSR count). The fourth-order valence-electron chi connectivity index (χ4n) is 3.19. The van der Waals surface area contributed by atoms with E-state index in [4.69, 9.17) is 14.8 Å². The Morgan fingerprint density at radius 1 is 1.14 bits per heavy atom. The van der Waals surface area contributed by atoms with Gasteiger partial charge in [-0.15, -0.1) is 11.3 Å². The molecular weight excluding hydrogens is 400 g/mol. The molecular formula is C22H22N4OS2. The molecule has 0 N–H and O–H groups in total. The number of hydrazone groups is 1. The summed E-state index contributed by atoms with van der Waals surface area (Å²) in [6.45, 7) is 4.90. The minimum Gasteiger partial charge on any atom is -0.497 e. The predicted molar refractivity (Wildman–Crippen MR) is 123 cm³/mol. The number of amidine groups is 1. The second kappa shape index (κ2) is 8.39. The normalized spacial score (nSPS) is 13.4. The maximum atomic E-state index is 5.33. The van der Waals surface area contributed by atoms with Crippen molar-refractivity contribution in [1.29, 1.82) is 0 Å². The first-order valence-electron chi connectivity index (χ1n) is 9.23. The van der Waals surface area contributed by atoms with Gasteiger partial charge in [0, 0.05) is 28.4 Å². The average molecular weight is 423 g/mol. The number of pyridine rings is 1. The van der Waals surface area contributed by atoms with Crippen LogP contribution in [0.3, 0.4) is 0 Å². The minimum atomic E-state index is 0.611. The number of aryl methyl sites for hydroxylation is 1. The third-order valence-corrected chi connectivity index (χ3v) is 6.61. The van der Waals surface area contributed by atoms with Crippen LogP contribution in [0, 0.1) is 13.8 Å². The van der Waals surface area contributed by atoms with Crippen LogP contribution in [0.5, 0.6) is 5.75 Å². The molecule has 5 nitrogen and oxygen atoms in total. The number of hydrogen-bond donors (Lipinski definition) is 0. The molecule has 2 aromatic heterocycles. The van der Waals surface area contributed by atoms with Crippen LogP contribution in [0.15, 0.2) is 58.9 Å². The number of rotatable bonds is 4. The summed E-state index contributed by atoms with van der Waals surface area (Å²) >= 11 is 3.32. The molecule has 7 heteroatoms. The SMILES string of the molecule is COc1ccc(C2=NN(Cc3cccnc3)C(SC)=Nc3sc(C)c(C)c32)cc1. The van der Waals surface area contributed by atoms with Crippen molar-refractivity contribution in [2.75, 3.05) is 13.4 Å². The van der Waals surface area contributed by atoms with Gasteiger partial charge in [0.15, 0.2) is 5.17 Å². The maximum absolute atomic E-state index is 5.33. The molecule has 0 aliphatic carbocycles. The number of thioether (sulfide) groups is 1. The molecule has 0 unspecified atom stereocenters. The number of fused-ring (bicyclic) bond motifs is 1. The Hall–Kier alpha value is -2.64. The third-order valence-electron chi connectivity index (χ3n) is 4.84. The van der Waals surface area contributed by atoms with Gasteiger partial charge in [-0.05, 0) is 61.6 Å². The minimum absolute atomic E-state index is 0.611. The molecule has 148 valence electrons. The van der Waals surface area contributed by atoms with E-state index in [2.05, 4.69) is 37.0 Å². The molecule has 0 saturated heterocycles. The summed E-state index contributed by atoms with van der Waals surface area (Å²) in [7, 11) is 1.68. The van der Waals surface area contributed by atoms with E-state index < -0.39 is 0 Å². The van der Waals surface area contributed by atoms with Gasteiger partial charge in [-0.1, -0.05) is 17.8 Å². The first kappa shape index (κ1) is 19.7. The van der Waals surface area contributed by atoms with Crippen molar-refractivity contribution in [1.82, 2.24) is 9.99 Å². The van der Waals surface area contributed by atoms with Gasteiger partial charge in [0.2, 0.25) is 0 Å². The number of ether oxygens (including phenoxy) is 1. The van der Waals surface area contributed by atoms with E-state index in [1.165, 1.54) is 10.4 Å². The summed E-state index contributed by atoms with van der Waals surface area (Å²) < 4.78 is 5.33. The predicted octanol–water partition coefficient (Wildman–Crippen LogP) is 5.39. The number of hydrogen-bond acceptors (Lipinski definition) is 7. The van der Waals surface area contributed by atoms with Gasteiger partial charge in [0.1, 0.15) is 16.5 Å². The van der Waals surface area contributed by atoms with E-state index in [0.29, 0.717) is 6.54 Å². The zero-order chi connectivity index (χ0) is 20.4. The monoisotopic (exact) mass is 422 g/mol. The smallest absolute Gasteiger partial charge is 0.185 e. The first-order valence-corrected chi connectivity index (χ1v) is 11.3. The number of benzene rings is 1. The summed E-state index contributed by atoms with van der Waals surface area (Å²) in [5, 5.41) is 8.96. The molecule has 3 aromatic rings. The average Bonchev–Trinajstić information content (AvgIpc) is 2.93. The largest absolute Gasteiger partial charge is 0.497 e. The Balaban J connectivity index is 1.86. The number of aromatic nitrogens is 1. The lowest BCUT2D eigenvalue weighted by molar-refractivity contribution is 0.415. The van der Waals surface area contributed by atoms with Crippen molar-refractivity contribution in [2.24, 2.45) is 10.1 Å². The Labute approximate surface area is 179 Å². The van der Waals surface area contributed by atoms with Crippen LogP contribution in [0.4, 0.5) is 5.00 Å². The van der Waals surface area contributed by atoms with Crippen LogP contribution in [-0.2, 0) is 6.54 Å². The quantitative estimate of drug-likeness (QED) is 0.566. The van der Waals surface area contributed by atoms with Crippen LogP contribution in [0.25, 0.3) is 0 Å². The highest BCUT2D eigenvalue weighted by molar-refractivity contribution is 8.13. The molecule has 0 spiro atoms. The molecule has 0 bridgehead atoms. The molecule has 0 amide bonds. The van der Waals surface area contributed by atoms with E-state index in [0.717, 1.165) is 38.3 Å². The summed E-state index contributed by atoms with van der Waals surface area (Å²) in [5.41, 5.74) is 5.40. The Kier molecular flexibility index (Phi) is 5.69. The van der Waals surface area contributed by atoms with E-state index in [9.17, 15) is 0 Å². The van der Waals surface area contributed by atoms with Crippen molar-refractivity contribution in [3.8, 4) is 5.75 Å². The standard InChI is InChI=1S/C22H22N4OS2/c1-14-15(2)29-21-19(14)20(17-7-9-18(27-3)10-8-17)25-26(22(24-21)28-4)13-16-6-5-11-23-12-16/h5-12H,13H2,1-4H3. The number of methoxy groups -OCH3 is 1. The Morgan fingerprint density at radius 3 is 2.59 bits per heavy atom. The maximum Gasteiger partial charge on any atom is 0.185 e. The molecule has 0 radical (unpaired) electrons. The fraction of sp³-hybridized carbons (Fsp3) is 0.227. The Bertz CT molecular complexity index is 1070. The zero-order valence-corrected chi connectivity index (χ0v) is 18.5. The molecule has 3 heterocycles. The number of nitrogens with zero attached hydrogens (tertiary/aromatic N) is 4. The van der Waals surface area contributed by atoms with Crippen molar-refractivity contribution in [3.63, 3.8) is 0 Å². The van der Waals surface area contributed by atoms with E-state index >= 15 is 0 Å². The summed E-state index contributed by atoms with van der Waals surface area (Å²) in [6, 6.07) is 12.1. The van der Waals surface area contributed by atoms with Gasteiger partial charge in [-0.2, -0.15) is 5.10 Å². The van der Waals surface area contributed by atoms with Gasteiger partial charge >= 0.3 is 0 Å². The van der Waals surface area contributed by atoms with Crippen molar-refractivity contribution in [3.05, 3.63) is 75.9 Å². The first-order chi connectivity index (χ1) is 14.1. The van der Waals surface area contributed by atoms with E-state index in [1.54, 1.807) is 36.4 Å². The van der Waals surface area contributed by atoms with Crippen LogP contribution in [0.2, 0.25) is 0 Å². The summed E-state index contributed by atoms with van der Waals surface area (Å²) in [4.78, 5) is 10.5. The molecule has 1 aliphatic heterocycles. The van der Waals surface area contributed by atoms with Gasteiger partial charge < -0.3 is 4.74 Å². The summed E-state index contributed by atoms with van der Waals surface area (Å²) in [6.07, 6.45) is 5.69. The highest BCUT2D eigenvalue weighted by atomic mass is 32.2. The molecule has 1 aliphatic rings. The molecule has 1 aromatic carbocycles. The van der Waals surface area contributed by atoms with Crippen LogP contribution in [-0.4, -0.2) is 34.2 Å². The van der Waals surface area contributed by atoms with Crippen molar-refractivity contribution < 1.29 is 4.74 Å². The lowest BCUT2D eigenvalue weighted by Crippen LogP contribution is -2.24. The fourth-order valence-corrected chi connectivity index (χ4v) is 4.78. The highest BCUT2D eigenvalue weighted by Crippen LogP contribution is 2.39. The van der Waals surface area contributed by atoms with Crippen LogP contribution >= 0.6 is 23.1 Å². The van der Waals surface area contributed by atoms with Crippen LogP contribution in [0.1, 0.15) is 27.1 Å². The van der Waals surface area contributed by atoms with Gasteiger partial charge in [-0.25, -0.2) is 10.0 Å². The van der Waals surface area contributed by atoms with Crippen LogP contribution < -0.4 is 4.74 Å². The van der Waals surface area contributed by atoms with E-state index in [-0.39, 0.29) is 0 Å². The highest BCUT2D eigenvalue weighted by Gasteiger charge is 2.25. The lowest BCUT2D eigenvalue weighted by Gasteiger charge is -2.19. The lowest BCUT2D eigenvalue weighted by atomic mass is 10.00. The van der Waals surface area contributed by atoms with Crippen molar-refractivity contribution in [2.45, 2.75) is 20.4 Å². The molecule has 0 saturated carbocycles. The molecule has 0 fully saturated rings. The second-order valence-electron chi connectivity index (χ2n) is 6.66. The zero-order valence-electron chi connectivity index (χ0n) is 16.8. The second-order valence-corrected chi connectivity index (χ2v) is 8.63. The Morgan fingerprint density at radius 2 is 1.93 bits per heavy atom. The van der Waals surface area contributed by atoms with Gasteiger partial charge in [0.25, 0.3) is 0 Å². The number of thiophene rings is 1. The van der Waals surface area contributed by atoms with E-state index in [1.807, 2.05) is 35.7 Å².